The molecular formula is C51H71N7O16. The van der Waals surface area contributed by atoms with Crippen molar-refractivity contribution >= 4 is 53.3 Å². The van der Waals surface area contributed by atoms with E-state index >= 15 is 4.79 Å². The van der Waals surface area contributed by atoms with E-state index in [1.807, 2.05) is 0 Å². The molecule has 0 radical (unpaired) electrons. The van der Waals surface area contributed by atoms with Gasteiger partial charge in [0.1, 0.15) is 66.9 Å². The van der Waals surface area contributed by atoms with Crippen molar-refractivity contribution in [2.24, 2.45) is 17.8 Å². The number of carbonyl (C=O) groups excluding carboxylic acids is 9. The summed E-state index contributed by atoms with van der Waals surface area (Å²) in [6.45, 7) is 9.05. The van der Waals surface area contributed by atoms with E-state index in [4.69, 9.17) is 14.2 Å². The molecular weight excluding hydrogens is 967 g/mol. The Bertz CT molecular complexity index is 2350. The van der Waals surface area contributed by atoms with Crippen LogP contribution in [0.15, 0.2) is 66.7 Å². The van der Waals surface area contributed by atoms with Crippen molar-refractivity contribution in [1.82, 2.24) is 36.8 Å². The zero-order valence-corrected chi connectivity index (χ0v) is 43.0. The lowest BCUT2D eigenvalue weighted by atomic mass is 9.93. The van der Waals surface area contributed by atoms with Crippen molar-refractivity contribution in [3.05, 3.63) is 77.9 Å². The Kier molecular flexibility index (Phi) is 21.6. The number of hydrogen-bond donors (Lipinski definition) is 10. The summed E-state index contributed by atoms with van der Waals surface area (Å²) in [5.74, 6) is -11.6. The van der Waals surface area contributed by atoms with Crippen LogP contribution in [0.3, 0.4) is 0 Å². The van der Waals surface area contributed by atoms with Gasteiger partial charge < -0.3 is 71.4 Å². The Morgan fingerprint density at radius 1 is 0.824 bits per heavy atom. The van der Waals surface area contributed by atoms with Gasteiger partial charge in [-0.05, 0) is 61.9 Å². The van der Waals surface area contributed by atoms with Crippen LogP contribution in [0.1, 0.15) is 79.0 Å². The van der Waals surface area contributed by atoms with Crippen LogP contribution >= 0.6 is 0 Å². The largest absolute Gasteiger partial charge is 0.487 e. The van der Waals surface area contributed by atoms with E-state index in [1.165, 1.54) is 52.1 Å². The molecule has 0 unspecified atom stereocenters. The Morgan fingerprint density at radius 3 is 2.04 bits per heavy atom. The number of ether oxygens (including phenoxy) is 3. The van der Waals surface area contributed by atoms with Gasteiger partial charge in [-0.2, -0.15) is 0 Å². The first kappa shape index (κ1) is 59.6. The van der Waals surface area contributed by atoms with Gasteiger partial charge in [-0.15, -0.1) is 0 Å². The van der Waals surface area contributed by atoms with E-state index in [2.05, 4.69) is 31.9 Å². The normalized spacial score (nSPS) is 28.1. The van der Waals surface area contributed by atoms with Crippen molar-refractivity contribution in [3.63, 3.8) is 0 Å². The van der Waals surface area contributed by atoms with Gasteiger partial charge in [-0.3, -0.25) is 38.4 Å². The van der Waals surface area contributed by atoms with Crippen molar-refractivity contribution in [3.8, 4) is 5.75 Å². The van der Waals surface area contributed by atoms with E-state index in [0.717, 1.165) is 24.0 Å². The summed E-state index contributed by atoms with van der Waals surface area (Å²) in [4.78, 5) is 128. The molecule has 406 valence electrons. The lowest BCUT2D eigenvalue weighted by molar-refractivity contribution is -0.160. The van der Waals surface area contributed by atoms with Crippen LogP contribution in [0.4, 0.5) is 0 Å². The minimum Gasteiger partial charge on any atom is -0.487 e. The van der Waals surface area contributed by atoms with Gasteiger partial charge in [0, 0.05) is 19.5 Å². The van der Waals surface area contributed by atoms with Crippen molar-refractivity contribution in [2.45, 2.75) is 134 Å². The standard InChI is InChI=1S/C51H71N7O16/c1-10-27(4)39-46(66)57-42-33-16-18-34(19-17-33)74-31(8)51(71,25-59)21-20-37(61)52-23-38(62)72-24-35(50(70)73-30(7)41(48(68)54-39)56-44(64)28(5)43(63)26(2)3)53-47(67)40(29(6)60)55-45(65)36(58(9)49(42)69)22-32-14-12-11-13-15-32/h11-21,26-31,35-36,39-43,59-60,63,71H,10,22-25H2,1-9H3,(H,52,61)(H,53,67)(H,54,68)(H,55,65)(H,56,64)(H,57,66)/t27-,28+,29+,30+,31+,35-,36-,39+,40+,41-,42-,43+,51-/m1/s1. The highest BCUT2D eigenvalue weighted by molar-refractivity contribution is 5.98. The summed E-state index contributed by atoms with van der Waals surface area (Å²) in [5, 5.41) is 58.3. The van der Waals surface area contributed by atoms with Gasteiger partial charge in [0.2, 0.25) is 41.4 Å². The summed E-state index contributed by atoms with van der Waals surface area (Å²) < 4.78 is 16.9. The SMILES string of the molecule is CC[C@@H](C)[C@@H]1NC(=O)[C@H](NC(=O)[C@@H](C)[C@@H](O)C(C)C)[C@H](C)OC(=O)[C@H]2COC(=O)CNC(=O)C=C[C@@](O)(CO)[C@H](C)Oc3ccc(cc3)[C@@H](NC1=O)C(=O)N(C)[C@H](Cc1ccccc1)C(=O)N[C@@H]([C@H](C)O)C(=O)N2. The number of esters is 2. The monoisotopic (exact) mass is 1040 g/mol. The molecule has 2 aromatic rings. The number of rotatable bonds is 10. The fourth-order valence-electron chi connectivity index (χ4n) is 7.92. The quantitative estimate of drug-likeness (QED) is 0.122. The maximum atomic E-state index is 15.1. The summed E-state index contributed by atoms with van der Waals surface area (Å²) in [7, 11) is 1.28. The molecule has 5 rings (SSSR count). The Balaban J connectivity index is 2.03. The minimum atomic E-state index is -2.19. The van der Waals surface area contributed by atoms with Crippen LogP contribution in [0.25, 0.3) is 0 Å². The minimum absolute atomic E-state index is 0.0801. The Labute approximate surface area is 429 Å². The number of hydrogen-bond acceptors (Lipinski definition) is 16. The maximum Gasteiger partial charge on any atom is 0.332 e. The number of benzene rings is 2. The van der Waals surface area contributed by atoms with E-state index in [-0.39, 0.29) is 24.2 Å². The molecule has 4 bridgehead atoms. The average Bonchev–Trinajstić information content (AvgIpc) is 3.37. The van der Waals surface area contributed by atoms with Crippen LogP contribution < -0.4 is 36.6 Å². The molecule has 3 aliphatic rings. The zero-order chi connectivity index (χ0) is 55.2. The predicted molar refractivity (Wildman–Crippen MR) is 264 cm³/mol. The molecule has 0 aromatic heterocycles. The molecule has 13 atom stereocenters. The summed E-state index contributed by atoms with van der Waals surface area (Å²) in [6.07, 6.45) is -3.96. The van der Waals surface area contributed by atoms with Gasteiger partial charge in [0.25, 0.3) is 0 Å². The van der Waals surface area contributed by atoms with E-state index in [1.54, 1.807) is 58.0 Å². The lowest BCUT2D eigenvalue weighted by Gasteiger charge is -2.34. The smallest absolute Gasteiger partial charge is 0.332 e. The van der Waals surface area contributed by atoms with Gasteiger partial charge in [0.15, 0.2) is 6.04 Å². The first-order valence-electron chi connectivity index (χ1n) is 24.4. The van der Waals surface area contributed by atoms with Gasteiger partial charge in [0.05, 0.1) is 24.7 Å². The van der Waals surface area contributed by atoms with E-state index < -0.39 is 157 Å². The molecule has 0 spiro atoms. The number of cyclic esters (lactones) is 1. The zero-order valence-electron chi connectivity index (χ0n) is 43.0. The van der Waals surface area contributed by atoms with Gasteiger partial charge in [-0.25, -0.2) is 4.79 Å². The summed E-state index contributed by atoms with van der Waals surface area (Å²) in [5.41, 5.74) is -1.53. The van der Waals surface area contributed by atoms with Crippen LogP contribution in [0.2, 0.25) is 0 Å². The predicted octanol–water partition coefficient (Wildman–Crippen LogP) is -1.40. The number of aliphatic hydroxyl groups excluding tert-OH is 3. The molecule has 0 aliphatic carbocycles. The molecule has 1 saturated heterocycles. The molecule has 2 aromatic carbocycles. The van der Waals surface area contributed by atoms with Crippen LogP contribution in [-0.4, -0.2) is 166 Å². The average molecular weight is 1040 g/mol. The highest BCUT2D eigenvalue weighted by atomic mass is 16.6. The second kappa shape index (κ2) is 26.8. The van der Waals surface area contributed by atoms with E-state index in [9.17, 15) is 58.8 Å². The number of likely N-dealkylation sites (N-methyl/N-ethyl adjacent to an activating group) is 1. The number of fused-ring (bicyclic) bond motifs is 11. The Morgan fingerprint density at radius 2 is 1.45 bits per heavy atom. The molecule has 1 fully saturated rings. The molecule has 10 N–H and O–H groups in total. The fraction of sp³-hybridized carbons (Fsp3) is 0.549. The summed E-state index contributed by atoms with van der Waals surface area (Å²) >= 11 is 0. The molecule has 3 heterocycles. The highest BCUT2D eigenvalue weighted by Crippen LogP contribution is 2.26. The Hall–Kier alpha value is -6.95. The van der Waals surface area contributed by atoms with E-state index in [0.29, 0.717) is 5.56 Å². The lowest BCUT2D eigenvalue weighted by Crippen LogP contribution is -2.61. The first-order chi connectivity index (χ1) is 34.8. The van der Waals surface area contributed by atoms with Crippen molar-refractivity contribution < 1.29 is 77.8 Å². The number of nitrogens with zero attached hydrogens (tertiary/aromatic N) is 1. The van der Waals surface area contributed by atoms with Gasteiger partial charge in [-0.1, -0.05) is 83.5 Å². The number of carbonyl (C=O) groups is 9. The number of aliphatic hydroxyl groups is 4. The third-order valence-corrected chi connectivity index (χ3v) is 13.2. The molecule has 3 aliphatic heterocycles. The third kappa shape index (κ3) is 15.8. The number of amides is 7. The third-order valence-electron chi connectivity index (χ3n) is 13.2. The highest BCUT2D eigenvalue weighted by Gasteiger charge is 2.42. The second-order valence-corrected chi connectivity index (χ2v) is 19.1. The number of nitrogens with one attached hydrogen (secondary N) is 6. The molecule has 23 heteroatoms. The topological polar surface area (TPSA) is 338 Å². The van der Waals surface area contributed by atoms with Gasteiger partial charge >= 0.3 is 11.9 Å². The maximum absolute atomic E-state index is 15.1. The van der Waals surface area contributed by atoms with Crippen molar-refractivity contribution in [2.75, 3.05) is 26.8 Å². The van der Waals surface area contributed by atoms with Crippen LogP contribution in [-0.2, 0) is 59.0 Å². The second-order valence-electron chi connectivity index (χ2n) is 19.1. The van der Waals surface area contributed by atoms with Crippen LogP contribution in [0, 0.1) is 17.8 Å². The summed E-state index contributed by atoms with van der Waals surface area (Å²) in [6, 6.07) is 3.76. The first-order valence-corrected chi connectivity index (χ1v) is 24.4. The van der Waals surface area contributed by atoms with Crippen LogP contribution in [0.5, 0.6) is 5.75 Å². The molecule has 0 saturated carbocycles. The molecule has 74 heavy (non-hydrogen) atoms. The molecule has 7 amide bonds. The molecule has 23 nitrogen and oxygen atoms in total. The fourth-order valence-corrected chi connectivity index (χ4v) is 7.92. The van der Waals surface area contributed by atoms with Crippen molar-refractivity contribution in [1.29, 1.82) is 0 Å².